The lowest BCUT2D eigenvalue weighted by molar-refractivity contribution is -0.114. The van der Waals surface area contributed by atoms with Crippen molar-refractivity contribution in [1.29, 1.82) is 0 Å². The molecule has 27 heavy (non-hydrogen) atoms. The number of aromatic hydroxyl groups is 1. The predicted molar refractivity (Wildman–Crippen MR) is 98.7 cm³/mol. The molecule has 1 aliphatic heterocycles. The minimum Gasteiger partial charge on any atom is -0.507 e. The SMILES string of the molecule is CC(=O)Nc1ccc(O)c(C(=O)NCc2cccc(N3CCOC3=O)c2)c1. The first-order valence-electron chi connectivity index (χ1n) is 8.36. The van der Waals surface area contributed by atoms with E-state index in [1.54, 1.807) is 18.2 Å². The summed E-state index contributed by atoms with van der Waals surface area (Å²) in [4.78, 5) is 36.7. The molecule has 8 heteroatoms. The summed E-state index contributed by atoms with van der Waals surface area (Å²) in [5.74, 6) is -0.940. The van der Waals surface area contributed by atoms with Crippen molar-refractivity contribution in [1.82, 2.24) is 5.32 Å². The van der Waals surface area contributed by atoms with Crippen molar-refractivity contribution in [3.05, 3.63) is 53.6 Å². The van der Waals surface area contributed by atoms with Gasteiger partial charge in [-0.05, 0) is 35.9 Å². The van der Waals surface area contributed by atoms with Crippen molar-refractivity contribution in [2.45, 2.75) is 13.5 Å². The first kappa shape index (κ1) is 18.2. The molecule has 2 aromatic rings. The number of anilines is 2. The standard InChI is InChI=1S/C19H19N3O5/c1-12(23)21-14-5-6-17(24)16(10-14)18(25)20-11-13-3-2-4-15(9-13)22-7-8-27-19(22)26/h2-6,9-10,24H,7-8,11H2,1H3,(H,20,25)(H,21,23). The van der Waals surface area contributed by atoms with Gasteiger partial charge in [0, 0.05) is 24.8 Å². The quantitative estimate of drug-likeness (QED) is 0.701. The molecule has 8 nitrogen and oxygen atoms in total. The van der Waals surface area contributed by atoms with E-state index in [2.05, 4.69) is 10.6 Å². The zero-order valence-corrected chi connectivity index (χ0v) is 14.7. The van der Waals surface area contributed by atoms with Crippen LogP contribution in [0.4, 0.5) is 16.2 Å². The van der Waals surface area contributed by atoms with Gasteiger partial charge in [0.15, 0.2) is 0 Å². The Balaban J connectivity index is 1.69. The number of carbonyl (C=O) groups excluding carboxylic acids is 3. The molecule has 0 radical (unpaired) electrons. The number of hydrogen-bond acceptors (Lipinski definition) is 5. The minimum absolute atomic E-state index is 0.0560. The zero-order chi connectivity index (χ0) is 19.4. The highest BCUT2D eigenvalue weighted by Crippen LogP contribution is 2.22. The van der Waals surface area contributed by atoms with Gasteiger partial charge in [0.25, 0.3) is 5.91 Å². The van der Waals surface area contributed by atoms with Crippen LogP contribution in [0.1, 0.15) is 22.8 Å². The van der Waals surface area contributed by atoms with E-state index in [1.165, 1.54) is 30.0 Å². The highest BCUT2D eigenvalue weighted by atomic mass is 16.6. The van der Waals surface area contributed by atoms with Gasteiger partial charge in [0.05, 0.1) is 12.1 Å². The molecular weight excluding hydrogens is 350 g/mol. The Morgan fingerprint density at radius 3 is 2.74 bits per heavy atom. The predicted octanol–water partition coefficient (Wildman–Crippen LogP) is 2.24. The van der Waals surface area contributed by atoms with Crippen LogP contribution in [0, 0.1) is 0 Å². The molecule has 1 aliphatic rings. The van der Waals surface area contributed by atoms with Gasteiger partial charge in [-0.1, -0.05) is 12.1 Å². The second-order valence-electron chi connectivity index (χ2n) is 6.03. The fraction of sp³-hybridized carbons (Fsp3) is 0.211. The number of ether oxygens (including phenoxy) is 1. The molecule has 0 aromatic heterocycles. The third-order valence-corrected chi connectivity index (χ3v) is 4.00. The number of carbonyl (C=O) groups is 3. The van der Waals surface area contributed by atoms with Crippen LogP contribution in [0.15, 0.2) is 42.5 Å². The maximum absolute atomic E-state index is 12.4. The molecule has 1 fully saturated rings. The molecule has 2 aromatic carbocycles. The maximum atomic E-state index is 12.4. The summed E-state index contributed by atoms with van der Waals surface area (Å²) >= 11 is 0. The fourth-order valence-electron chi connectivity index (χ4n) is 2.74. The summed E-state index contributed by atoms with van der Waals surface area (Å²) in [6, 6.07) is 11.5. The second-order valence-corrected chi connectivity index (χ2v) is 6.03. The lowest BCUT2D eigenvalue weighted by Crippen LogP contribution is -2.25. The van der Waals surface area contributed by atoms with E-state index in [0.717, 1.165) is 5.56 Å². The van der Waals surface area contributed by atoms with Gasteiger partial charge in [-0.15, -0.1) is 0 Å². The van der Waals surface area contributed by atoms with Gasteiger partial charge in [0.1, 0.15) is 12.4 Å². The van der Waals surface area contributed by atoms with Gasteiger partial charge in [0.2, 0.25) is 5.91 Å². The van der Waals surface area contributed by atoms with Crippen molar-refractivity contribution in [2.75, 3.05) is 23.4 Å². The van der Waals surface area contributed by atoms with E-state index in [4.69, 9.17) is 4.74 Å². The van der Waals surface area contributed by atoms with Crippen molar-refractivity contribution in [3.63, 3.8) is 0 Å². The molecule has 140 valence electrons. The van der Waals surface area contributed by atoms with E-state index in [1.807, 2.05) is 6.07 Å². The van der Waals surface area contributed by atoms with Crippen molar-refractivity contribution >= 4 is 29.3 Å². The van der Waals surface area contributed by atoms with E-state index in [-0.39, 0.29) is 23.8 Å². The maximum Gasteiger partial charge on any atom is 0.414 e. The summed E-state index contributed by atoms with van der Waals surface area (Å²) < 4.78 is 4.93. The lowest BCUT2D eigenvalue weighted by atomic mass is 10.1. The van der Waals surface area contributed by atoms with Gasteiger partial charge in [-0.25, -0.2) is 4.79 Å². The smallest absolute Gasteiger partial charge is 0.414 e. The zero-order valence-electron chi connectivity index (χ0n) is 14.7. The summed E-state index contributed by atoms with van der Waals surface area (Å²) in [7, 11) is 0. The summed E-state index contributed by atoms with van der Waals surface area (Å²) in [5, 5.41) is 15.2. The summed E-state index contributed by atoms with van der Waals surface area (Å²) in [5.41, 5.74) is 1.96. The van der Waals surface area contributed by atoms with Crippen LogP contribution in [0.5, 0.6) is 5.75 Å². The number of phenolic OH excluding ortho intramolecular Hbond substituents is 1. The third-order valence-electron chi connectivity index (χ3n) is 4.00. The number of rotatable bonds is 5. The van der Waals surface area contributed by atoms with Crippen LogP contribution < -0.4 is 15.5 Å². The average molecular weight is 369 g/mol. The summed E-state index contributed by atoms with van der Waals surface area (Å²) in [6.45, 7) is 2.40. The first-order chi connectivity index (χ1) is 12.9. The number of nitrogens with one attached hydrogen (secondary N) is 2. The molecule has 0 aliphatic carbocycles. The Bertz CT molecular complexity index is 897. The third kappa shape index (κ3) is 4.35. The molecule has 3 rings (SSSR count). The second kappa shape index (κ2) is 7.77. The summed E-state index contributed by atoms with van der Waals surface area (Å²) in [6.07, 6.45) is -0.393. The molecule has 0 bridgehead atoms. The van der Waals surface area contributed by atoms with E-state index in [9.17, 15) is 19.5 Å². The molecule has 1 heterocycles. The molecule has 1 saturated heterocycles. The van der Waals surface area contributed by atoms with Crippen molar-refractivity contribution in [3.8, 4) is 5.75 Å². The van der Waals surface area contributed by atoms with E-state index < -0.39 is 12.0 Å². The fourth-order valence-corrected chi connectivity index (χ4v) is 2.74. The molecule has 0 saturated carbocycles. The Labute approximate surface area is 155 Å². The lowest BCUT2D eigenvalue weighted by Gasteiger charge is -2.14. The normalized spacial score (nSPS) is 13.2. The highest BCUT2D eigenvalue weighted by Gasteiger charge is 2.23. The number of nitrogens with zero attached hydrogens (tertiary/aromatic N) is 1. The molecule has 0 unspecified atom stereocenters. The van der Waals surface area contributed by atoms with Crippen LogP contribution in [0.2, 0.25) is 0 Å². The monoisotopic (exact) mass is 369 g/mol. The van der Waals surface area contributed by atoms with Crippen LogP contribution in [0.3, 0.4) is 0 Å². The Morgan fingerprint density at radius 2 is 2.04 bits per heavy atom. The highest BCUT2D eigenvalue weighted by molar-refractivity contribution is 5.99. The Morgan fingerprint density at radius 1 is 1.22 bits per heavy atom. The van der Waals surface area contributed by atoms with Crippen LogP contribution >= 0.6 is 0 Å². The first-order valence-corrected chi connectivity index (χ1v) is 8.36. The molecule has 0 spiro atoms. The topological polar surface area (TPSA) is 108 Å². The molecule has 0 atom stereocenters. The largest absolute Gasteiger partial charge is 0.507 e. The minimum atomic E-state index is -0.481. The number of cyclic esters (lactones) is 1. The number of amides is 3. The van der Waals surface area contributed by atoms with E-state index in [0.29, 0.717) is 24.5 Å². The number of phenols is 1. The van der Waals surface area contributed by atoms with Crippen LogP contribution in [0.25, 0.3) is 0 Å². The van der Waals surface area contributed by atoms with Crippen molar-refractivity contribution < 1.29 is 24.2 Å². The Kier molecular flexibility index (Phi) is 5.25. The van der Waals surface area contributed by atoms with Gasteiger partial charge in [-0.3, -0.25) is 14.5 Å². The Hall–Kier alpha value is -3.55. The van der Waals surface area contributed by atoms with Gasteiger partial charge >= 0.3 is 6.09 Å². The van der Waals surface area contributed by atoms with Gasteiger partial charge < -0.3 is 20.5 Å². The average Bonchev–Trinajstić information content (AvgIpc) is 3.07. The molecular formula is C19H19N3O5. The van der Waals surface area contributed by atoms with Crippen LogP contribution in [-0.4, -0.2) is 36.2 Å². The van der Waals surface area contributed by atoms with Crippen LogP contribution in [-0.2, 0) is 16.1 Å². The molecule has 3 amide bonds. The van der Waals surface area contributed by atoms with Crippen molar-refractivity contribution in [2.24, 2.45) is 0 Å². The van der Waals surface area contributed by atoms with Gasteiger partial charge in [-0.2, -0.15) is 0 Å². The number of hydrogen-bond donors (Lipinski definition) is 3. The number of benzene rings is 2. The molecule has 3 N–H and O–H groups in total. The van der Waals surface area contributed by atoms with E-state index >= 15 is 0 Å².